The number of benzene rings is 1. The molecule has 0 saturated carbocycles. The monoisotopic (exact) mass is 286 g/mol. The molecule has 21 heavy (non-hydrogen) atoms. The molecule has 0 amide bonds. The second kappa shape index (κ2) is 6.37. The maximum Gasteiger partial charge on any atom is 0.247 e. The molecule has 1 aliphatic heterocycles. The number of piperidine rings is 1. The molecular formula is C16H22N4O. The van der Waals surface area contributed by atoms with Gasteiger partial charge < -0.3 is 10.2 Å². The van der Waals surface area contributed by atoms with Crippen LogP contribution in [0.15, 0.2) is 28.7 Å². The standard InChI is InChI=1S/C16H22N4O/c1-12-3-2-4-14(9-12)16-19-18-15(21-16)11-20-7-5-13(10-17)6-8-20/h2-4,9,13H,5-8,10-11,17H2,1H3. The molecule has 2 heterocycles. The van der Waals surface area contributed by atoms with Gasteiger partial charge in [0.25, 0.3) is 0 Å². The highest BCUT2D eigenvalue weighted by atomic mass is 16.4. The van der Waals surface area contributed by atoms with E-state index in [0.29, 0.717) is 17.7 Å². The van der Waals surface area contributed by atoms with Gasteiger partial charge in [-0.25, -0.2) is 0 Å². The highest BCUT2D eigenvalue weighted by molar-refractivity contribution is 5.53. The lowest BCUT2D eigenvalue weighted by molar-refractivity contribution is 0.167. The Bertz CT molecular complexity index is 587. The number of likely N-dealkylation sites (tertiary alicyclic amines) is 1. The predicted octanol–water partition coefficient (Wildman–Crippen LogP) is 2.22. The van der Waals surface area contributed by atoms with Gasteiger partial charge in [-0.05, 0) is 57.5 Å². The average molecular weight is 286 g/mol. The lowest BCUT2D eigenvalue weighted by atomic mass is 9.97. The maximum absolute atomic E-state index is 5.79. The molecule has 0 unspecified atom stereocenters. The van der Waals surface area contributed by atoms with Crippen LogP contribution in [0.25, 0.3) is 11.5 Å². The van der Waals surface area contributed by atoms with Gasteiger partial charge in [0.2, 0.25) is 11.8 Å². The Morgan fingerprint density at radius 2 is 2.10 bits per heavy atom. The van der Waals surface area contributed by atoms with E-state index in [4.69, 9.17) is 10.2 Å². The summed E-state index contributed by atoms with van der Waals surface area (Å²) in [5, 5.41) is 8.33. The lowest BCUT2D eigenvalue weighted by Gasteiger charge is -2.30. The minimum absolute atomic E-state index is 0.602. The van der Waals surface area contributed by atoms with Gasteiger partial charge in [0, 0.05) is 5.56 Å². The van der Waals surface area contributed by atoms with Crippen molar-refractivity contribution in [2.45, 2.75) is 26.3 Å². The number of rotatable bonds is 4. The van der Waals surface area contributed by atoms with Crippen molar-refractivity contribution < 1.29 is 4.42 Å². The molecule has 1 aromatic carbocycles. The normalized spacial score (nSPS) is 17.2. The summed E-state index contributed by atoms with van der Waals surface area (Å²) >= 11 is 0. The molecule has 0 bridgehead atoms. The second-order valence-electron chi connectivity index (χ2n) is 5.83. The molecule has 1 saturated heterocycles. The summed E-state index contributed by atoms with van der Waals surface area (Å²) in [5.41, 5.74) is 7.89. The largest absolute Gasteiger partial charge is 0.419 e. The van der Waals surface area contributed by atoms with E-state index in [1.54, 1.807) is 0 Å². The summed E-state index contributed by atoms with van der Waals surface area (Å²) in [6, 6.07) is 8.12. The van der Waals surface area contributed by atoms with Crippen molar-refractivity contribution in [3.05, 3.63) is 35.7 Å². The highest BCUT2D eigenvalue weighted by Crippen LogP contribution is 2.21. The number of nitrogens with zero attached hydrogens (tertiary/aromatic N) is 3. The van der Waals surface area contributed by atoms with Crippen LogP contribution in [0.5, 0.6) is 0 Å². The van der Waals surface area contributed by atoms with Crippen LogP contribution in [-0.2, 0) is 6.54 Å². The van der Waals surface area contributed by atoms with Gasteiger partial charge >= 0.3 is 0 Å². The molecule has 0 aliphatic carbocycles. The molecule has 0 spiro atoms. The first-order valence-corrected chi connectivity index (χ1v) is 7.56. The molecule has 2 aromatic rings. The minimum atomic E-state index is 0.602. The smallest absolute Gasteiger partial charge is 0.247 e. The number of hydrogen-bond donors (Lipinski definition) is 1. The van der Waals surface area contributed by atoms with Gasteiger partial charge in [0.05, 0.1) is 6.54 Å². The van der Waals surface area contributed by atoms with Crippen LogP contribution < -0.4 is 5.73 Å². The summed E-state index contributed by atoms with van der Waals surface area (Å²) in [7, 11) is 0. The van der Waals surface area contributed by atoms with Crippen molar-refractivity contribution in [2.75, 3.05) is 19.6 Å². The number of nitrogens with two attached hydrogens (primary N) is 1. The Labute approximate surface area is 125 Å². The van der Waals surface area contributed by atoms with E-state index >= 15 is 0 Å². The fraction of sp³-hybridized carbons (Fsp3) is 0.500. The summed E-state index contributed by atoms with van der Waals surface area (Å²) in [6.07, 6.45) is 2.32. The zero-order valence-electron chi connectivity index (χ0n) is 12.5. The van der Waals surface area contributed by atoms with Crippen LogP contribution in [0.3, 0.4) is 0 Å². The Kier molecular flexibility index (Phi) is 4.31. The van der Waals surface area contributed by atoms with Crippen molar-refractivity contribution in [3.8, 4) is 11.5 Å². The first-order valence-electron chi connectivity index (χ1n) is 7.56. The van der Waals surface area contributed by atoms with Crippen LogP contribution in [0.2, 0.25) is 0 Å². The van der Waals surface area contributed by atoms with E-state index in [1.807, 2.05) is 12.1 Å². The van der Waals surface area contributed by atoms with Crippen LogP contribution >= 0.6 is 0 Å². The van der Waals surface area contributed by atoms with Crippen molar-refractivity contribution in [1.29, 1.82) is 0 Å². The topological polar surface area (TPSA) is 68.2 Å². The van der Waals surface area contributed by atoms with Crippen LogP contribution in [0, 0.1) is 12.8 Å². The summed E-state index contributed by atoms with van der Waals surface area (Å²) < 4.78 is 5.79. The molecule has 112 valence electrons. The van der Waals surface area contributed by atoms with Crippen molar-refractivity contribution in [1.82, 2.24) is 15.1 Å². The minimum Gasteiger partial charge on any atom is -0.419 e. The Hall–Kier alpha value is -1.72. The average Bonchev–Trinajstić information content (AvgIpc) is 2.97. The summed E-state index contributed by atoms with van der Waals surface area (Å²) in [5.74, 6) is 1.97. The molecule has 5 nitrogen and oxygen atoms in total. The SMILES string of the molecule is Cc1cccc(-c2nnc(CN3CCC(CN)CC3)o2)c1. The quantitative estimate of drug-likeness (QED) is 0.933. The zero-order chi connectivity index (χ0) is 14.7. The molecule has 0 radical (unpaired) electrons. The fourth-order valence-electron chi connectivity index (χ4n) is 2.78. The first kappa shape index (κ1) is 14.2. The molecular weight excluding hydrogens is 264 g/mol. The van der Waals surface area contributed by atoms with Crippen LogP contribution in [-0.4, -0.2) is 34.7 Å². The third kappa shape index (κ3) is 3.49. The lowest BCUT2D eigenvalue weighted by Crippen LogP contribution is -2.35. The molecule has 1 aliphatic rings. The zero-order valence-corrected chi connectivity index (χ0v) is 12.5. The summed E-state index contributed by atoms with van der Waals surface area (Å²) in [6.45, 7) is 5.71. The van der Waals surface area contributed by atoms with Gasteiger partial charge in [-0.2, -0.15) is 0 Å². The van der Waals surface area contributed by atoms with Gasteiger partial charge in [-0.15, -0.1) is 10.2 Å². The van der Waals surface area contributed by atoms with E-state index in [9.17, 15) is 0 Å². The number of aryl methyl sites for hydroxylation is 1. The van der Waals surface area contributed by atoms with Gasteiger partial charge in [0.1, 0.15) is 0 Å². The van der Waals surface area contributed by atoms with Crippen molar-refractivity contribution >= 4 is 0 Å². The molecule has 5 heteroatoms. The van der Waals surface area contributed by atoms with Crippen molar-refractivity contribution in [3.63, 3.8) is 0 Å². The van der Waals surface area contributed by atoms with E-state index in [1.165, 1.54) is 5.56 Å². The summed E-state index contributed by atoms with van der Waals surface area (Å²) in [4.78, 5) is 2.36. The molecule has 0 atom stereocenters. The fourth-order valence-corrected chi connectivity index (χ4v) is 2.78. The third-order valence-corrected chi connectivity index (χ3v) is 4.13. The van der Waals surface area contributed by atoms with E-state index in [0.717, 1.165) is 44.6 Å². The predicted molar refractivity (Wildman–Crippen MR) is 81.5 cm³/mol. The van der Waals surface area contributed by atoms with E-state index < -0.39 is 0 Å². The van der Waals surface area contributed by atoms with Gasteiger partial charge in [-0.1, -0.05) is 17.7 Å². The van der Waals surface area contributed by atoms with Crippen molar-refractivity contribution in [2.24, 2.45) is 11.7 Å². The Morgan fingerprint density at radius 1 is 1.29 bits per heavy atom. The number of hydrogen-bond acceptors (Lipinski definition) is 5. The van der Waals surface area contributed by atoms with Gasteiger partial charge in [0.15, 0.2) is 0 Å². The Balaban J connectivity index is 1.63. The molecule has 2 N–H and O–H groups in total. The first-order chi connectivity index (χ1) is 10.2. The van der Waals surface area contributed by atoms with Gasteiger partial charge in [-0.3, -0.25) is 4.90 Å². The van der Waals surface area contributed by atoms with E-state index in [-0.39, 0.29) is 0 Å². The number of aromatic nitrogens is 2. The Morgan fingerprint density at radius 3 is 2.81 bits per heavy atom. The molecule has 1 aromatic heterocycles. The van der Waals surface area contributed by atoms with E-state index in [2.05, 4.69) is 34.2 Å². The molecule has 3 rings (SSSR count). The van der Waals surface area contributed by atoms with Crippen LogP contribution in [0.4, 0.5) is 0 Å². The third-order valence-electron chi connectivity index (χ3n) is 4.13. The maximum atomic E-state index is 5.79. The molecule has 1 fully saturated rings. The second-order valence-corrected chi connectivity index (χ2v) is 5.83. The highest BCUT2D eigenvalue weighted by Gasteiger charge is 2.20. The van der Waals surface area contributed by atoms with Crippen LogP contribution in [0.1, 0.15) is 24.3 Å².